The summed E-state index contributed by atoms with van der Waals surface area (Å²) in [6.45, 7) is 0. The summed E-state index contributed by atoms with van der Waals surface area (Å²) in [7, 11) is 1.89. The number of nitrogens with one attached hydrogen (secondary N) is 2. The number of anilines is 1. The normalized spacial score (nSPS) is 10.9. The number of benzene rings is 2. The van der Waals surface area contributed by atoms with E-state index >= 15 is 0 Å². The Labute approximate surface area is 116 Å². The third kappa shape index (κ3) is 2.50. The molecule has 0 unspecified atom stereocenters. The molecule has 0 saturated heterocycles. The first-order valence-electron chi connectivity index (χ1n) is 6.66. The second kappa shape index (κ2) is 5.33. The third-order valence-corrected chi connectivity index (χ3v) is 3.41. The first-order chi connectivity index (χ1) is 9.76. The van der Waals surface area contributed by atoms with Gasteiger partial charge in [-0.3, -0.25) is 0 Å². The molecule has 1 heterocycles. The summed E-state index contributed by atoms with van der Waals surface area (Å²) >= 11 is 0. The molecular formula is C16H16FN3. The number of rotatable bonds is 4. The van der Waals surface area contributed by atoms with Crippen LogP contribution in [0.4, 0.5) is 10.1 Å². The van der Waals surface area contributed by atoms with Crippen molar-refractivity contribution < 1.29 is 4.39 Å². The van der Waals surface area contributed by atoms with Crippen molar-refractivity contribution in [2.75, 3.05) is 12.4 Å². The molecule has 4 heteroatoms. The molecular weight excluding hydrogens is 253 g/mol. The van der Waals surface area contributed by atoms with Crippen LogP contribution in [0.2, 0.25) is 0 Å². The molecule has 2 N–H and O–H groups in total. The highest BCUT2D eigenvalue weighted by atomic mass is 19.1. The van der Waals surface area contributed by atoms with Gasteiger partial charge in [-0.25, -0.2) is 9.37 Å². The average molecular weight is 269 g/mol. The van der Waals surface area contributed by atoms with Crippen LogP contribution in [0.5, 0.6) is 0 Å². The van der Waals surface area contributed by atoms with Crippen molar-refractivity contribution in [3.8, 4) is 0 Å². The van der Waals surface area contributed by atoms with E-state index in [0.29, 0.717) is 12.8 Å². The molecule has 3 rings (SSSR count). The zero-order chi connectivity index (χ0) is 13.9. The summed E-state index contributed by atoms with van der Waals surface area (Å²) in [4.78, 5) is 7.81. The first kappa shape index (κ1) is 12.7. The van der Waals surface area contributed by atoms with Crippen molar-refractivity contribution in [3.63, 3.8) is 0 Å². The lowest BCUT2D eigenvalue weighted by Gasteiger charge is -2.00. The number of nitrogens with zero attached hydrogens (tertiary/aromatic N) is 1. The number of imidazole rings is 1. The number of H-pyrrole nitrogens is 1. The van der Waals surface area contributed by atoms with E-state index in [0.717, 1.165) is 28.1 Å². The monoisotopic (exact) mass is 269 g/mol. The van der Waals surface area contributed by atoms with E-state index in [1.807, 2.05) is 37.4 Å². The number of hydrogen-bond donors (Lipinski definition) is 2. The van der Waals surface area contributed by atoms with Crippen molar-refractivity contribution in [3.05, 3.63) is 59.7 Å². The first-order valence-corrected chi connectivity index (χ1v) is 6.66. The lowest BCUT2D eigenvalue weighted by molar-refractivity contribution is 0.607. The number of hydrogen-bond acceptors (Lipinski definition) is 2. The van der Waals surface area contributed by atoms with Crippen LogP contribution in [-0.4, -0.2) is 17.0 Å². The number of aromatic amines is 1. The predicted molar refractivity (Wildman–Crippen MR) is 79.4 cm³/mol. The maximum absolute atomic E-state index is 13.6. The second-order valence-corrected chi connectivity index (χ2v) is 4.76. The Hall–Kier alpha value is -2.36. The predicted octanol–water partition coefficient (Wildman–Crippen LogP) is 3.53. The minimum Gasteiger partial charge on any atom is -0.388 e. The van der Waals surface area contributed by atoms with Crippen molar-refractivity contribution in [1.29, 1.82) is 0 Å². The largest absolute Gasteiger partial charge is 0.388 e. The quantitative estimate of drug-likeness (QED) is 0.760. The Balaban J connectivity index is 1.79. The van der Waals surface area contributed by atoms with Gasteiger partial charge in [0.2, 0.25) is 0 Å². The van der Waals surface area contributed by atoms with Crippen LogP contribution in [0.1, 0.15) is 11.4 Å². The van der Waals surface area contributed by atoms with Gasteiger partial charge in [-0.1, -0.05) is 18.2 Å². The van der Waals surface area contributed by atoms with Gasteiger partial charge < -0.3 is 10.3 Å². The molecule has 0 spiro atoms. The Kier molecular flexibility index (Phi) is 3.37. The molecule has 0 aliphatic carbocycles. The molecule has 3 nitrogen and oxygen atoms in total. The lowest BCUT2D eigenvalue weighted by Crippen LogP contribution is -1.96. The summed E-state index contributed by atoms with van der Waals surface area (Å²) in [5, 5.41) is 3.10. The van der Waals surface area contributed by atoms with E-state index < -0.39 is 0 Å². The highest BCUT2D eigenvalue weighted by Crippen LogP contribution is 2.18. The van der Waals surface area contributed by atoms with E-state index in [2.05, 4.69) is 15.3 Å². The van der Waals surface area contributed by atoms with Gasteiger partial charge in [0.15, 0.2) is 0 Å². The van der Waals surface area contributed by atoms with E-state index in [1.165, 1.54) is 6.07 Å². The molecule has 20 heavy (non-hydrogen) atoms. The highest BCUT2D eigenvalue weighted by Gasteiger charge is 2.06. The zero-order valence-corrected chi connectivity index (χ0v) is 11.3. The van der Waals surface area contributed by atoms with Crippen LogP contribution in [0.25, 0.3) is 11.0 Å². The fourth-order valence-electron chi connectivity index (χ4n) is 2.29. The topological polar surface area (TPSA) is 40.7 Å². The maximum atomic E-state index is 13.6. The van der Waals surface area contributed by atoms with E-state index in [4.69, 9.17) is 0 Å². The van der Waals surface area contributed by atoms with Crippen molar-refractivity contribution in [2.45, 2.75) is 12.8 Å². The van der Waals surface area contributed by atoms with E-state index in [9.17, 15) is 4.39 Å². The lowest BCUT2D eigenvalue weighted by atomic mass is 10.1. The van der Waals surface area contributed by atoms with Crippen LogP contribution in [0.15, 0.2) is 42.5 Å². The van der Waals surface area contributed by atoms with E-state index in [-0.39, 0.29) is 5.82 Å². The highest BCUT2D eigenvalue weighted by molar-refractivity contribution is 5.79. The molecule has 0 aliphatic rings. The summed E-state index contributed by atoms with van der Waals surface area (Å²) < 4.78 is 13.6. The Morgan fingerprint density at radius 1 is 1.15 bits per heavy atom. The van der Waals surface area contributed by atoms with E-state index in [1.54, 1.807) is 6.07 Å². The minimum atomic E-state index is -0.152. The summed E-state index contributed by atoms with van der Waals surface area (Å²) in [5.41, 5.74) is 3.71. The molecule has 2 aromatic carbocycles. The molecule has 102 valence electrons. The van der Waals surface area contributed by atoms with Crippen molar-refractivity contribution in [2.24, 2.45) is 0 Å². The Morgan fingerprint density at radius 2 is 2.00 bits per heavy atom. The molecule has 0 bridgehead atoms. The van der Waals surface area contributed by atoms with Gasteiger partial charge >= 0.3 is 0 Å². The van der Waals surface area contributed by atoms with Gasteiger partial charge in [-0.05, 0) is 36.2 Å². The van der Waals surface area contributed by atoms with Crippen molar-refractivity contribution in [1.82, 2.24) is 9.97 Å². The Morgan fingerprint density at radius 3 is 2.80 bits per heavy atom. The van der Waals surface area contributed by atoms with Crippen LogP contribution in [-0.2, 0) is 12.8 Å². The van der Waals surface area contributed by atoms with Gasteiger partial charge in [-0.2, -0.15) is 0 Å². The van der Waals surface area contributed by atoms with Gasteiger partial charge in [0.25, 0.3) is 0 Å². The molecule has 1 aromatic heterocycles. The van der Waals surface area contributed by atoms with Gasteiger partial charge in [0.1, 0.15) is 11.6 Å². The van der Waals surface area contributed by atoms with Crippen LogP contribution >= 0.6 is 0 Å². The van der Waals surface area contributed by atoms with Gasteiger partial charge in [-0.15, -0.1) is 0 Å². The van der Waals surface area contributed by atoms with Crippen LogP contribution in [0, 0.1) is 5.82 Å². The number of aromatic nitrogens is 2. The molecule has 0 aliphatic heterocycles. The Bertz CT molecular complexity index is 733. The third-order valence-electron chi connectivity index (χ3n) is 3.41. The van der Waals surface area contributed by atoms with Crippen LogP contribution < -0.4 is 5.32 Å². The SMILES string of the molecule is CNc1ccc2nc(CCc3ccccc3F)[nH]c2c1. The zero-order valence-electron chi connectivity index (χ0n) is 11.3. The summed E-state index contributed by atoms with van der Waals surface area (Å²) in [6.07, 6.45) is 1.34. The fourth-order valence-corrected chi connectivity index (χ4v) is 2.29. The molecule has 0 fully saturated rings. The number of halogens is 1. The van der Waals surface area contributed by atoms with Crippen molar-refractivity contribution >= 4 is 16.7 Å². The standard InChI is InChI=1S/C16H16FN3/c1-18-12-7-8-14-15(10-12)20-16(19-14)9-6-11-4-2-3-5-13(11)17/h2-5,7-8,10,18H,6,9H2,1H3,(H,19,20). The fraction of sp³-hybridized carbons (Fsp3) is 0.188. The molecule has 0 atom stereocenters. The summed E-state index contributed by atoms with van der Waals surface area (Å²) in [6, 6.07) is 12.9. The van der Waals surface area contributed by atoms with Gasteiger partial charge in [0, 0.05) is 19.2 Å². The second-order valence-electron chi connectivity index (χ2n) is 4.76. The minimum absolute atomic E-state index is 0.152. The molecule has 0 amide bonds. The maximum Gasteiger partial charge on any atom is 0.126 e. The number of fused-ring (bicyclic) bond motifs is 1. The average Bonchev–Trinajstić information content (AvgIpc) is 2.88. The molecule has 0 saturated carbocycles. The summed E-state index contributed by atoms with van der Waals surface area (Å²) in [5.74, 6) is 0.734. The molecule has 0 radical (unpaired) electrons. The van der Waals surface area contributed by atoms with Gasteiger partial charge in [0.05, 0.1) is 11.0 Å². The number of aryl methyl sites for hydroxylation is 2. The smallest absolute Gasteiger partial charge is 0.126 e. The molecule has 3 aromatic rings. The van der Waals surface area contributed by atoms with Crippen LogP contribution in [0.3, 0.4) is 0 Å².